The SMILES string of the molecule is CCCn1cc(C(=O)c2cc3c(s2)CCCC3)cn1. The van der Waals surface area contributed by atoms with E-state index in [1.807, 2.05) is 10.9 Å². The lowest BCUT2D eigenvalue weighted by Gasteiger charge is -2.08. The summed E-state index contributed by atoms with van der Waals surface area (Å²) in [6, 6.07) is 2.10. The van der Waals surface area contributed by atoms with Gasteiger partial charge in [-0.15, -0.1) is 11.3 Å². The molecule has 0 amide bonds. The second kappa shape index (κ2) is 5.29. The zero-order valence-electron chi connectivity index (χ0n) is 11.2. The fourth-order valence-corrected chi connectivity index (χ4v) is 3.79. The number of thiophene rings is 1. The molecule has 0 fully saturated rings. The van der Waals surface area contributed by atoms with Gasteiger partial charge in [-0.2, -0.15) is 5.10 Å². The van der Waals surface area contributed by atoms with Crippen molar-refractivity contribution in [1.29, 1.82) is 0 Å². The maximum absolute atomic E-state index is 12.4. The van der Waals surface area contributed by atoms with Crippen molar-refractivity contribution in [3.8, 4) is 0 Å². The summed E-state index contributed by atoms with van der Waals surface area (Å²) in [6.07, 6.45) is 9.38. The quantitative estimate of drug-likeness (QED) is 0.800. The molecule has 0 aliphatic heterocycles. The molecule has 3 rings (SSSR count). The Labute approximate surface area is 117 Å². The molecule has 0 saturated heterocycles. The van der Waals surface area contributed by atoms with Gasteiger partial charge in [0.2, 0.25) is 5.78 Å². The molecular weight excluding hydrogens is 256 g/mol. The molecule has 0 atom stereocenters. The molecule has 1 aliphatic rings. The summed E-state index contributed by atoms with van der Waals surface area (Å²) < 4.78 is 1.85. The van der Waals surface area contributed by atoms with Gasteiger partial charge in [-0.05, 0) is 43.7 Å². The number of hydrogen-bond donors (Lipinski definition) is 0. The van der Waals surface area contributed by atoms with Crippen LogP contribution in [0.25, 0.3) is 0 Å². The monoisotopic (exact) mass is 274 g/mol. The van der Waals surface area contributed by atoms with Crippen LogP contribution in [-0.4, -0.2) is 15.6 Å². The van der Waals surface area contributed by atoms with Crippen LogP contribution in [0.15, 0.2) is 18.5 Å². The van der Waals surface area contributed by atoms with Gasteiger partial charge in [0.25, 0.3) is 0 Å². The standard InChI is InChI=1S/C15H18N2OS/c1-2-7-17-10-12(9-16-17)15(18)14-8-11-5-3-4-6-13(11)19-14/h8-10H,2-7H2,1H3. The Morgan fingerprint density at radius 2 is 2.26 bits per heavy atom. The minimum atomic E-state index is 0.127. The molecular formula is C15H18N2OS. The van der Waals surface area contributed by atoms with Gasteiger partial charge < -0.3 is 0 Å². The third-order valence-corrected chi connectivity index (χ3v) is 4.80. The summed E-state index contributed by atoms with van der Waals surface area (Å²) in [5.41, 5.74) is 2.10. The van der Waals surface area contributed by atoms with Crippen LogP contribution in [0.1, 0.15) is 51.9 Å². The van der Waals surface area contributed by atoms with E-state index in [2.05, 4.69) is 18.1 Å². The van der Waals surface area contributed by atoms with Gasteiger partial charge in [-0.1, -0.05) is 6.92 Å². The lowest BCUT2D eigenvalue weighted by molar-refractivity contribution is 0.104. The highest BCUT2D eigenvalue weighted by molar-refractivity contribution is 7.14. The largest absolute Gasteiger partial charge is 0.288 e. The fraction of sp³-hybridized carbons (Fsp3) is 0.467. The Hall–Kier alpha value is -1.42. The minimum absolute atomic E-state index is 0.127. The molecule has 4 heteroatoms. The van der Waals surface area contributed by atoms with E-state index in [0.717, 1.165) is 30.7 Å². The van der Waals surface area contributed by atoms with E-state index >= 15 is 0 Å². The van der Waals surface area contributed by atoms with Crippen molar-refractivity contribution in [2.75, 3.05) is 0 Å². The zero-order chi connectivity index (χ0) is 13.2. The second-order valence-electron chi connectivity index (χ2n) is 5.09. The van der Waals surface area contributed by atoms with E-state index in [1.54, 1.807) is 17.5 Å². The van der Waals surface area contributed by atoms with Gasteiger partial charge in [-0.25, -0.2) is 0 Å². The van der Waals surface area contributed by atoms with E-state index < -0.39 is 0 Å². The lowest BCUT2D eigenvalue weighted by atomic mass is 9.99. The maximum Gasteiger partial charge on any atom is 0.206 e. The van der Waals surface area contributed by atoms with Crippen LogP contribution in [-0.2, 0) is 19.4 Å². The van der Waals surface area contributed by atoms with E-state index in [1.165, 1.54) is 23.3 Å². The molecule has 0 aromatic carbocycles. The van der Waals surface area contributed by atoms with E-state index in [0.29, 0.717) is 5.56 Å². The number of aromatic nitrogens is 2. The van der Waals surface area contributed by atoms with Crippen molar-refractivity contribution >= 4 is 17.1 Å². The Balaban J connectivity index is 1.84. The molecule has 0 N–H and O–H groups in total. The van der Waals surface area contributed by atoms with Crippen LogP contribution in [0.5, 0.6) is 0 Å². The normalized spacial score (nSPS) is 14.4. The third-order valence-electron chi connectivity index (χ3n) is 3.57. The number of hydrogen-bond acceptors (Lipinski definition) is 3. The zero-order valence-corrected chi connectivity index (χ0v) is 12.0. The first-order chi connectivity index (χ1) is 9.28. The van der Waals surface area contributed by atoms with Crippen molar-refractivity contribution in [1.82, 2.24) is 9.78 Å². The molecule has 100 valence electrons. The van der Waals surface area contributed by atoms with Crippen LogP contribution < -0.4 is 0 Å². The van der Waals surface area contributed by atoms with Gasteiger partial charge in [0, 0.05) is 17.6 Å². The van der Waals surface area contributed by atoms with Gasteiger partial charge in [-0.3, -0.25) is 9.48 Å². The van der Waals surface area contributed by atoms with Gasteiger partial charge in [0.05, 0.1) is 16.6 Å². The second-order valence-corrected chi connectivity index (χ2v) is 6.22. The highest BCUT2D eigenvalue weighted by Crippen LogP contribution is 2.30. The van der Waals surface area contributed by atoms with E-state index in [4.69, 9.17) is 0 Å². The Bertz CT molecular complexity index is 574. The molecule has 2 heterocycles. The molecule has 1 aliphatic carbocycles. The molecule has 0 spiro atoms. The first-order valence-electron chi connectivity index (χ1n) is 6.96. The summed E-state index contributed by atoms with van der Waals surface area (Å²) in [6.45, 7) is 2.98. The average Bonchev–Trinajstić information content (AvgIpc) is 3.04. The number of nitrogens with zero attached hydrogens (tertiary/aromatic N) is 2. The summed E-state index contributed by atoms with van der Waals surface area (Å²) in [5.74, 6) is 0.127. The summed E-state index contributed by atoms with van der Waals surface area (Å²) in [5, 5.41) is 4.23. The molecule has 0 bridgehead atoms. The Morgan fingerprint density at radius 1 is 1.42 bits per heavy atom. The minimum Gasteiger partial charge on any atom is -0.288 e. The molecule has 0 radical (unpaired) electrons. The van der Waals surface area contributed by atoms with Crippen LogP contribution in [0.3, 0.4) is 0 Å². The topological polar surface area (TPSA) is 34.9 Å². The number of carbonyl (C=O) groups is 1. The van der Waals surface area contributed by atoms with Crippen LogP contribution in [0.4, 0.5) is 0 Å². The predicted octanol–water partition coefficient (Wildman–Crippen LogP) is 3.46. The highest BCUT2D eigenvalue weighted by Gasteiger charge is 2.19. The number of fused-ring (bicyclic) bond motifs is 1. The fourth-order valence-electron chi connectivity index (χ4n) is 2.58. The van der Waals surface area contributed by atoms with Gasteiger partial charge >= 0.3 is 0 Å². The highest BCUT2D eigenvalue weighted by atomic mass is 32.1. The molecule has 2 aromatic heterocycles. The van der Waals surface area contributed by atoms with Crippen molar-refractivity contribution in [3.63, 3.8) is 0 Å². The molecule has 19 heavy (non-hydrogen) atoms. The summed E-state index contributed by atoms with van der Waals surface area (Å²) in [7, 11) is 0. The maximum atomic E-state index is 12.4. The molecule has 2 aromatic rings. The number of aryl methyl sites for hydroxylation is 3. The molecule has 0 unspecified atom stereocenters. The molecule has 3 nitrogen and oxygen atoms in total. The molecule has 0 saturated carbocycles. The van der Waals surface area contributed by atoms with Crippen LogP contribution in [0.2, 0.25) is 0 Å². The first-order valence-corrected chi connectivity index (χ1v) is 7.78. The van der Waals surface area contributed by atoms with Crippen molar-refractivity contribution in [3.05, 3.63) is 39.3 Å². The van der Waals surface area contributed by atoms with Crippen molar-refractivity contribution in [2.24, 2.45) is 0 Å². The Morgan fingerprint density at radius 3 is 3.05 bits per heavy atom. The number of ketones is 1. The van der Waals surface area contributed by atoms with Crippen molar-refractivity contribution < 1.29 is 4.79 Å². The van der Waals surface area contributed by atoms with E-state index in [-0.39, 0.29) is 5.78 Å². The number of rotatable bonds is 4. The van der Waals surface area contributed by atoms with Crippen LogP contribution in [0, 0.1) is 0 Å². The van der Waals surface area contributed by atoms with E-state index in [9.17, 15) is 4.79 Å². The predicted molar refractivity (Wildman–Crippen MR) is 76.9 cm³/mol. The van der Waals surface area contributed by atoms with Crippen LogP contribution >= 0.6 is 11.3 Å². The lowest BCUT2D eigenvalue weighted by Crippen LogP contribution is -1.98. The summed E-state index contributed by atoms with van der Waals surface area (Å²) >= 11 is 1.67. The van der Waals surface area contributed by atoms with Gasteiger partial charge in [0.15, 0.2) is 0 Å². The number of carbonyl (C=O) groups excluding carboxylic acids is 1. The first kappa shape index (κ1) is 12.6. The third kappa shape index (κ3) is 2.50. The van der Waals surface area contributed by atoms with Crippen molar-refractivity contribution in [2.45, 2.75) is 45.6 Å². The van der Waals surface area contributed by atoms with Gasteiger partial charge in [0.1, 0.15) is 0 Å². The Kier molecular flexibility index (Phi) is 3.51. The average molecular weight is 274 g/mol. The summed E-state index contributed by atoms with van der Waals surface area (Å²) in [4.78, 5) is 14.7. The smallest absolute Gasteiger partial charge is 0.206 e.